The molecular weight excluding hydrogens is 394 g/mol. The molecule has 1 heterocycles. The van der Waals surface area contributed by atoms with Crippen molar-refractivity contribution in [1.29, 1.82) is 0 Å². The monoisotopic (exact) mass is 425 g/mol. The summed E-state index contributed by atoms with van der Waals surface area (Å²) in [4.78, 5) is 22.2. The maximum Gasteiger partial charge on any atom is 0.260 e. The second-order valence-electron chi connectivity index (χ2n) is 7.91. The number of carbonyl (C=O) groups excluding carboxylic acids is 1. The van der Waals surface area contributed by atoms with Gasteiger partial charge in [0.2, 0.25) is 0 Å². The van der Waals surface area contributed by atoms with Crippen molar-refractivity contribution in [3.8, 4) is 5.75 Å². The van der Waals surface area contributed by atoms with Gasteiger partial charge in [-0.3, -0.25) is 9.69 Å². The van der Waals surface area contributed by atoms with E-state index in [1.165, 1.54) is 5.56 Å². The molecule has 160 valence electrons. The number of amides is 1. The first kappa shape index (κ1) is 22.2. The van der Waals surface area contributed by atoms with Gasteiger partial charge in [-0.1, -0.05) is 36.8 Å². The summed E-state index contributed by atoms with van der Waals surface area (Å²) in [5, 5.41) is 0.739. The van der Waals surface area contributed by atoms with Crippen LogP contribution in [0.4, 0.5) is 5.13 Å². The molecule has 1 aromatic heterocycles. The molecule has 0 aliphatic heterocycles. The van der Waals surface area contributed by atoms with Crippen LogP contribution in [-0.4, -0.2) is 49.6 Å². The van der Waals surface area contributed by atoms with Crippen LogP contribution in [0, 0.1) is 13.8 Å². The molecular formula is C24H31N3O2S. The van der Waals surface area contributed by atoms with E-state index in [1.54, 1.807) is 16.2 Å². The molecule has 3 rings (SSSR count). The second-order valence-corrected chi connectivity index (χ2v) is 8.92. The highest BCUT2D eigenvalue weighted by molar-refractivity contribution is 7.22. The third kappa shape index (κ3) is 5.37. The lowest BCUT2D eigenvalue weighted by atomic mass is 10.1. The van der Waals surface area contributed by atoms with Crippen LogP contribution < -0.4 is 9.64 Å². The maximum atomic E-state index is 13.5. The Hall–Kier alpha value is -2.44. The molecule has 2 aromatic carbocycles. The van der Waals surface area contributed by atoms with Crippen LogP contribution in [0.2, 0.25) is 0 Å². The van der Waals surface area contributed by atoms with E-state index < -0.39 is 0 Å². The standard InChI is InChI=1S/C24H31N3O2S/c1-6-7-13-29-20-10-8-9-19(16-20)23(28)27(12-11-26(4)5)24-25-22-18(3)14-17(2)15-21(22)30-24/h8-10,14-16H,6-7,11-13H2,1-5H3. The molecule has 5 nitrogen and oxygen atoms in total. The van der Waals surface area contributed by atoms with Gasteiger partial charge in [0.05, 0.1) is 16.8 Å². The molecule has 0 N–H and O–H groups in total. The van der Waals surface area contributed by atoms with E-state index in [2.05, 4.69) is 37.8 Å². The minimum absolute atomic E-state index is 0.0498. The number of likely N-dealkylation sites (N-methyl/N-ethyl adjacent to an activating group) is 1. The van der Waals surface area contributed by atoms with E-state index in [4.69, 9.17) is 9.72 Å². The number of benzene rings is 2. The van der Waals surface area contributed by atoms with Crippen LogP contribution in [-0.2, 0) is 0 Å². The zero-order valence-electron chi connectivity index (χ0n) is 18.6. The fourth-order valence-electron chi connectivity index (χ4n) is 3.27. The average molecular weight is 426 g/mol. The third-order valence-corrected chi connectivity index (χ3v) is 5.94. The van der Waals surface area contributed by atoms with Gasteiger partial charge in [0, 0.05) is 18.7 Å². The lowest BCUT2D eigenvalue weighted by Gasteiger charge is -2.22. The van der Waals surface area contributed by atoms with Crippen molar-refractivity contribution >= 4 is 32.6 Å². The summed E-state index contributed by atoms with van der Waals surface area (Å²) in [5.41, 5.74) is 3.94. The molecule has 0 fully saturated rings. The Kier molecular flexibility index (Phi) is 7.45. The van der Waals surface area contributed by atoms with Crippen LogP contribution in [0.15, 0.2) is 36.4 Å². The number of rotatable bonds is 9. The number of unbranched alkanes of at least 4 members (excludes halogenated alkanes) is 1. The van der Waals surface area contributed by atoms with Gasteiger partial charge in [0.1, 0.15) is 5.75 Å². The van der Waals surface area contributed by atoms with Gasteiger partial charge in [-0.25, -0.2) is 4.98 Å². The summed E-state index contributed by atoms with van der Waals surface area (Å²) < 4.78 is 6.92. The Balaban J connectivity index is 1.93. The average Bonchev–Trinajstić information content (AvgIpc) is 3.12. The van der Waals surface area contributed by atoms with Crippen molar-refractivity contribution in [3.63, 3.8) is 0 Å². The molecule has 1 amide bonds. The summed E-state index contributed by atoms with van der Waals surface area (Å²) in [7, 11) is 4.02. The first-order valence-electron chi connectivity index (χ1n) is 10.5. The number of ether oxygens (including phenoxy) is 1. The molecule has 6 heteroatoms. The first-order valence-corrected chi connectivity index (χ1v) is 11.3. The molecule has 0 saturated heterocycles. The number of carbonyl (C=O) groups is 1. The Bertz CT molecular complexity index is 1010. The summed E-state index contributed by atoms with van der Waals surface area (Å²) in [6.45, 7) is 8.28. The Morgan fingerprint density at radius 3 is 2.67 bits per heavy atom. The second kappa shape index (κ2) is 10.0. The highest BCUT2D eigenvalue weighted by Gasteiger charge is 2.22. The number of nitrogens with zero attached hydrogens (tertiary/aromatic N) is 3. The molecule has 3 aromatic rings. The lowest BCUT2D eigenvalue weighted by molar-refractivity contribution is 0.0984. The van der Waals surface area contributed by atoms with Crippen molar-refractivity contribution < 1.29 is 9.53 Å². The lowest BCUT2D eigenvalue weighted by Crippen LogP contribution is -2.36. The van der Waals surface area contributed by atoms with E-state index in [-0.39, 0.29) is 5.91 Å². The van der Waals surface area contributed by atoms with E-state index in [0.29, 0.717) is 18.7 Å². The van der Waals surface area contributed by atoms with Crippen LogP contribution in [0.25, 0.3) is 10.2 Å². The van der Waals surface area contributed by atoms with Crippen molar-refractivity contribution in [3.05, 3.63) is 53.1 Å². The summed E-state index contributed by atoms with van der Waals surface area (Å²) in [6, 6.07) is 11.7. The predicted molar refractivity (Wildman–Crippen MR) is 126 cm³/mol. The summed E-state index contributed by atoms with van der Waals surface area (Å²) in [6.07, 6.45) is 2.07. The van der Waals surface area contributed by atoms with E-state index in [1.807, 2.05) is 38.4 Å². The molecule has 0 aliphatic carbocycles. The molecule has 0 radical (unpaired) electrons. The molecule has 0 spiro atoms. The molecule has 0 unspecified atom stereocenters. The van der Waals surface area contributed by atoms with Gasteiger partial charge < -0.3 is 9.64 Å². The number of fused-ring (bicyclic) bond motifs is 1. The zero-order chi connectivity index (χ0) is 21.7. The van der Waals surface area contributed by atoms with Crippen molar-refractivity contribution in [2.45, 2.75) is 33.6 Å². The minimum Gasteiger partial charge on any atom is -0.494 e. The quantitative estimate of drug-likeness (QED) is 0.436. The van der Waals surface area contributed by atoms with Crippen LogP contribution in [0.1, 0.15) is 41.3 Å². The van der Waals surface area contributed by atoms with Crippen LogP contribution in [0.5, 0.6) is 5.75 Å². The number of aromatic nitrogens is 1. The topological polar surface area (TPSA) is 45.7 Å². The van der Waals surface area contributed by atoms with E-state index in [0.717, 1.165) is 46.0 Å². The van der Waals surface area contributed by atoms with Crippen molar-refractivity contribution in [2.24, 2.45) is 0 Å². The highest BCUT2D eigenvalue weighted by Crippen LogP contribution is 2.32. The normalized spacial score (nSPS) is 11.3. The van der Waals surface area contributed by atoms with Gasteiger partial charge in [0.15, 0.2) is 5.13 Å². The number of hydrogen-bond acceptors (Lipinski definition) is 5. The molecule has 0 saturated carbocycles. The summed E-state index contributed by atoms with van der Waals surface area (Å²) in [5.74, 6) is 0.684. The Morgan fingerprint density at radius 1 is 1.13 bits per heavy atom. The highest BCUT2D eigenvalue weighted by atomic mass is 32.1. The fraction of sp³-hybridized carbons (Fsp3) is 0.417. The predicted octanol–water partition coefficient (Wildman–Crippen LogP) is 5.30. The van der Waals surface area contributed by atoms with Crippen LogP contribution in [0.3, 0.4) is 0 Å². The number of aryl methyl sites for hydroxylation is 2. The molecule has 0 atom stereocenters. The fourth-order valence-corrected chi connectivity index (χ4v) is 4.43. The maximum absolute atomic E-state index is 13.5. The van der Waals surface area contributed by atoms with Crippen LogP contribution >= 0.6 is 11.3 Å². The van der Waals surface area contributed by atoms with E-state index >= 15 is 0 Å². The first-order chi connectivity index (χ1) is 14.4. The number of hydrogen-bond donors (Lipinski definition) is 0. The zero-order valence-corrected chi connectivity index (χ0v) is 19.4. The van der Waals surface area contributed by atoms with Gasteiger partial charge in [-0.05, 0) is 69.8 Å². The van der Waals surface area contributed by atoms with Gasteiger partial charge >= 0.3 is 0 Å². The minimum atomic E-state index is -0.0498. The summed E-state index contributed by atoms with van der Waals surface area (Å²) >= 11 is 1.57. The number of anilines is 1. The smallest absolute Gasteiger partial charge is 0.260 e. The third-order valence-electron chi connectivity index (χ3n) is 4.91. The SMILES string of the molecule is CCCCOc1cccc(C(=O)N(CCN(C)C)c2nc3c(C)cc(C)cc3s2)c1. The number of thiazole rings is 1. The van der Waals surface area contributed by atoms with Gasteiger partial charge in [-0.15, -0.1) is 0 Å². The van der Waals surface area contributed by atoms with Crippen molar-refractivity contribution in [2.75, 3.05) is 38.7 Å². The van der Waals surface area contributed by atoms with Gasteiger partial charge in [-0.2, -0.15) is 0 Å². The molecule has 0 aliphatic rings. The van der Waals surface area contributed by atoms with Gasteiger partial charge in [0.25, 0.3) is 5.91 Å². The largest absolute Gasteiger partial charge is 0.494 e. The molecule has 30 heavy (non-hydrogen) atoms. The van der Waals surface area contributed by atoms with Crippen molar-refractivity contribution in [1.82, 2.24) is 9.88 Å². The Morgan fingerprint density at radius 2 is 1.93 bits per heavy atom. The van der Waals surface area contributed by atoms with E-state index in [9.17, 15) is 4.79 Å². The molecule has 0 bridgehead atoms. The Labute approximate surface area is 183 Å².